The van der Waals surface area contributed by atoms with Crippen molar-refractivity contribution < 1.29 is 0 Å². The molecule has 4 unspecified atom stereocenters. The van der Waals surface area contributed by atoms with Crippen LogP contribution in [-0.4, -0.2) is 37.1 Å². The number of hydrogen-bond donors (Lipinski definition) is 1. The summed E-state index contributed by atoms with van der Waals surface area (Å²) in [6, 6.07) is 1.43. The summed E-state index contributed by atoms with van der Waals surface area (Å²) in [5.74, 6) is 1.70. The van der Waals surface area contributed by atoms with Crippen molar-refractivity contribution in [1.82, 2.24) is 10.2 Å². The molecule has 0 saturated heterocycles. The largest absolute Gasteiger partial charge is 0.313 e. The Morgan fingerprint density at radius 2 is 1.88 bits per heavy atom. The number of rotatable bonds is 6. The minimum absolute atomic E-state index is 0.695. The van der Waals surface area contributed by atoms with Crippen molar-refractivity contribution in [3.8, 4) is 0 Å². The van der Waals surface area contributed by atoms with Crippen LogP contribution in [0.15, 0.2) is 0 Å². The van der Waals surface area contributed by atoms with Gasteiger partial charge in [-0.15, -0.1) is 0 Å². The van der Waals surface area contributed by atoms with E-state index in [0.29, 0.717) is 6.04 Å². The fourth-order valence-corrected chi connectivity index (χ4v) is 3.60. The van der Waals surface area contributed by atoms with Gasteiger partial charge in [-0.1, -0.05) is 34.1 Å². The highest BCUT2D eigenvalue weighted by Gasteiger charge is 2.35. The second-order valence-corrected chi connectivity index (χ2v) is 6.04. The predicted octanol–water partition coefficient (Wildman–Crippen LogP) is 3.13. The van der Waals surface area contributed by atoms with Gasteiger partial charge in [-0.3, -0.25) is 0 Å². The van der Waals surface area contributed by atoms with Crippen LogP contribution in [0.5, 0.6) is 0 Å². The van der Waals surface area contributed by atoms with Gasteiger partial charge in [0.25, 0.3) is 0 Å². The number of likely N-dealkylation sites (N-methyl/N-ethyl adjacent to an activating group) is 2. The molecule has 2 heteroatoms. The monoisotopic (exact) mass is 240 g/mol. The van der Waals surface area contributed by atoms with Crippen molar-refractivity contribution >= 4 is 0 Å². The van der Waals surface area contributed by atoms with E-state index >= 15 is 0 Å². The highest BCUT2D eigenvalue weighted by molar-refractivity contribution is 4.92. The van der Waals surface area contributed by atoms with E-state index in [1.807, 2.05) is 0 Å². The van der Waals surface area contributed by atoms with Gasteiger partial charge in [0.1, 0.15) is 0 Å². The Hall–Kier alpha value is -0.0800. The average molecular weight is 240 g/mol. The Morgan fingerprint density at radius 3 is 2.47 bits per heavy atom. The van der Waals surface area contributed by atoms with Gasteiger partial charge in [0, 0.05) is 12.1 Å². The highest BCUT2D eigenvalue weighted by Crippen LogP contribution is 2.32. The summed E-state index contributed by atoms with van der Waals surface area (Å²) in [5, 5.41) is 3.71. The molecule has 0 bridgehead atoms. The maximum atomic E-state index is 3.71. The maximum Gasteiger partial charge on any atom is 0.0272 e. The lowest BCUT2D eigenvalue weighted by molar-refractivity contribution is 0.0801. The van der Waals surface area contributed by atoms with Gasteiger partial charge in [-0.2, -0.15) is 0 Å². The summed E-state index contributed by atoms with van der Waals surface area (Å²) in [7, 11) is 2.32. The normalized spacial score (nSPS) is 34.2. The third kappa shape index (κ3) is 4.26. The third-order valence-electron chi connectivity index (χ3n) is 4.27. The number of nitrogens with zero attached hydrogens (tertiary/aromatic N) is 1. The van der Waals surface area contributed by atoms with Crippen LogP contribution in [0.25, 0.3) is 0 Å². The van der Waals surface area contributed by atoms with E-state index < -0.39 is 0 Å². The SMILES string of the molecule is CCCCN(C)C1C(C)CC(C)CC1NCC. The zero-order valence-electron chi connectivity index (χ0n) is 12.5. The van der Waals surface area contributed by atoms with Crippen molar-refractivity contribution in [1.29, 1.82) is 0 Å². The summed E-state index contributed by atoms with van der Waals surface area (Å²) in [6.45, 7) is 11.7. The van der Waals surface area contributed by atoms with Crippen LogP contribution in [0.4, 0.5) is 0 Å². The third-order valence-corrected chi connectivity index (χ3v) is 4.27. The average Bonchev–Trinajstić information content (AvgIpc) is 2.25. The molecule has 1 fully saturated rings. The van der Waals surface area contributed by atoms with Crippen LogP contribution in [0, 0.1) is 11.8 Å². The summed E-state index contributed by atoms with van der Waals surface area (Å²) < 4.78 is 0. The summed E-state index contributed by atoms with van der Waals surface area (Å²) >= 11 is 0. The van der Waals surface area contributed by atoms with Crippen LogP contribution < -0.4 is 5.32 Å². The Morgan fingerprint density at radius 1 is 1.18 bits per heavy atom. The van der Waals surface area contributed by atoms with Gasteiger partial charge in [0.2, 0.25) is 0 Å². The molecule has 4 atom stereocenters. The first-order valence-electron chi connectivity index (χ1n) is 7.53. The Bertz CT molecular complexity index is 205. The second kappa shape index (κ2) is 7.38. The fraction of sp³-hybridized carbons (Fsp3) is 1.00. The molecule has 1 saturated carbocycles. The molecule has 0 radical (unpaired) electrons. The van der Waals surface area contributed by atoms with Crippen molar-refractivity contribution in [2.24, 2.45) is 11.8 Å². The smallest absolute Gasteiger partial charge is 0.0272 e. The van der Waals surface area contributed by atoms with Crippen LogP contribution in [0.3, 0.4) is 0 Å². The molecular formula is C15H32N2. The van der Waals surface area contributed by atoms with E-state index in [2.05, 4.69) is 45.0 Å². The minimum atomic E-state index is 0.695. The fourth-order valence-electron chi connectivity index (χ4n) is 3.60. The van der Waals surface area contributed by atoms with Gasteiger partial charge in [-0.05, 0) is 51.2 Å². The van der Waals surface area contributed by atoms with Crippen LogP contribution in [0.2, 0.25) is 0 Å². The van der Waals surface area contributed by atoms with Crippen molar-refractivity contribution in [3.63, 3.8) is 0 Å². The van der Waals surface area contributed by atoms with E-state index in [4.69, 9.17) is 0 Å². The van der Waals surface area contributed by atoms with Crippen LogP contribution >= 0.6 is 0 Å². The first-order chi connectivity index (χ1) is 8.10. The zero-order valence-corrected chi connectivity index (χ0v) is 12.5. The molecule has 102 valence electrons. The molecule has 0 spiro atoms. The van der Waals surface area contributed by atoms with E-state index in [9.17, 15) is 0 Å². The molecule has 0 aromatic rings. The lowest BCUT2D eigenvalue weighted by Crippen LogP contribution is -2.55. The van der Waals surface area contributed by atoms with Gasteiger partial charge in [0.05, 0.1) is 0 Å². The topological polar surface area (TPSA) is 15.3 Å². The van der Waals surface area contributed by atoms with Gasteiger partial charge in [-0.25, -0.2) is 0 Å². The van der Waals surface area contributed by atoms with Crippen molar-refractivity contribution in [3.05, 3.63) is 0 Å². The van der Waals surface area contributed by atoms with Crippen LogP contribution in [0.1, 0.15) is 53.4 Å². The molecule has 0 aromatic heterocycles. The molecule has 0 aromatic carbocycles. The lowest BCUT2D eigenvalue weighted by Gasteiger charge is -2.45. The van der Waals surface area contributed by atoms with E-state index in [-0.39, 0.29) is 0 Å². The number of nitrogens with one attached hydrogen (secondary N) is 1. The quantitative estimate of drug-likeness (QED) is 0.767. The predicted molar refractivity (Wildman–Crippen MR) is 76.4 cm³/mol. The summed E-state index contributed by atoms with van der Waals surface area (Å²) in [4.78, 5) is 2.60. The first kappa shape index (κ1) is 15.0. The molecule has 1 aliphatic rings. The summed E-state index contributed by atoms with van der Waals surface area (Å²) in [5.41, 5.74) is 0. The van der Waals surface area contributed by atoms with Gasteiger partial charge < -0.3 is 10.2 Å². The standard InChI is InChI=1S/C15H32N2/c1-6-8-9-17(5)15-13(4)10-12(3)11-14(15)16-7-2/h12-16H,6-11H2,1-5H3. The molecule has 17 heavy (non-hydrogen) atoms. The van der Waals surface area contributed by atoms with Crippen molar-refractivity contribution in [2.75, 3.05) is 20.1 Å². The number of unbranched alkanes of at least 4 members (excludes halogenated alkanes) is 1. The van der Waals surface area contributed by atoms with Crippen molar-refractivity contribution in [2.45, 2.75) is 65.5 Å². The maximum absolute atomic E-state index is 3.71. The molecule has 1 rings (SSSR count). The Balaban J connectivity index is 2.62. The van der Waals surface area contributed by atoms with E-state index in [1.54, 1.807) is 0 Å². The van der Waals surface area contributed by atoms with E-state index in [0.717, 1.165) is 24.4 Å². The van der Waals surface area contributed by atoms with Crippen LogP contribution in [-0.2, 0) is 0 Å². The minimum Gasteiger partial charge on any atom is -0.313 e. The van der Waals surface area contributed by atoms with Gasteiger partial charge >= 0.3 is 0 Å². The van der Waals surface area contributed by atoms with Gasteiger partial charge in [0.15, 0.2) is 0 Å². The summed E-state index contributed by atoms with van der Waals surface area (Å²) in [6.07, 6.45) is 5.37. The molecule has 1 aliphatic carbocycles. The molecule has 0 aliphatic heterocycles. The molecule has 0 amide bonds. The number of hydrogen-bond acceptors (Lipinski definition) is 2. The molecule has 0 heterocycles. The van der Waals surface area contributed by atoms with E-state index in [1.165, 1.54) is 32.2 Å². The Kier molecular flexibility index (Phi) is 6.50. The molecule has 1 N–H and O–H groups in total. The second-order valence-electron chi connectivity index (χ2n) is 6.04. The first-order valence-corrected chi connectivity index (χ1v) is 7.53. The molecular weight excluding hydrogens is 208 g/mol. The Labute approximate surface area is 108 Å². The zero-order chi connectivity index (χ0) is 12.8. The molecule has 2 nitrogen and oxygen atoms in total. The lowest BCUT2D eigenvalue weighted by atomic mass is 9.76. The highest BCUT2D eigenvalue weighted by atomic mass is 15.2.